The fraction of sp³-hybridized carbons (Fsp3) is 0.833. The fourth-order valence-electron chi connectivity index (χ4n) is 1.42. The molecule has 1 atom stereocenters. The standard InChI is InChI=1S/C12H22O2/c1-12(2,3)14-13-11-9-7-5-4-6-8-10-11/h7,9,11H,4-6,8,10H2,1-3H3/b9-7-. The van der Waals surface area contributed by atoms with Crippen LogP contribution in [0, 0.1) is 0 Å². The Kier molecular flexibility index (Phi) is 4.63. The molecule has 0 aromatic rings. The Balaban J connectivity index is 2.30. The Morgan fingerprint density at radius 2 is 1.93 bits per heavy atom. The summed E-state index contributed by atoms with van der Waals surface area (Å²) < 4.78 is 0. The Morgan fingerprint density at radius 3 is 2.64 bits per heavy atom. The van der Waals surface area contributed by atoms with Gasteiger partial charge in [0.2, 0.25) is 0 Å². The van der Waals surface area contributed by atoms with Crippen LogP contribution in [0.1, 0.15) is 52.9 Å². The lowest BCUT2D eigenvalue weighted by molar-refractivity contribution is -0.365. The van der Waals surface area contributed by atoms with Gasteiger partial charge in [0.15, 0.2) is 0 Å². The van der Waals surface area contributed by atoms with Gasteiger partial charge in [0.25, 0.3) is 0 Å². The molecule has 0 spiro atoms. The van der Waals surface area contributed by atoms with Crippen molar-refractivity contribution in [2.45, 2.75) is 64.6 Å². The molecule has 1 rings (SSSR count). The number of hydrogen-bond donors (Lipinski definition) is 0. The van der Waals surface area contributed by atoms with Crippen LogP contribution in [-0.4, -0.2) is 11.7 Å². The van der Waals surface area contributed by atoms with Gasteiger partial charge in [0.05, 0.1) is 5.60 Å². The Bertz CT molecular complexity index is 179. The largest absolute Gasteiger partial charge is 0.230 e. The SMILES string of the molecule is CC(C)(C)OOC1/C=C\CCCCC1. The summed E-state index contributed by atoms with van der Waals surface area (Å²) in [6.45, 7) is 6.00. The van der Waals surface area contributed by atoms with Crippen LogP contribution in [0.2, 0.25) is 0 Å². The van der Waals surface area contributed by atoms with Gasteiger partial charge in [-0.3, -0.25) is 0 Å². The number of allylic oxidation sites excluding steroid dienone is 1. The van der Waals surface area contributed by atoms with Crippen molar-refractivity contribution in [3.05, 3.63) is 12.2 Å². The minimum Gasteiger partial charge on any atom is -0.230 e. The highest BCUT2D eigenvalue weighted by Gasteiger charge is 2.15. The molecule has 0 N–H and O–H groups in total. The Hall–Kier alpha value is -0.340. The topological polar surface area (TPSA) is 18.5 Å². The maximum absolute atomic E-state index is 5.40. The van der Waals surface area contributed by atoms with Crippen molar-refractivity contribution in [3.63, 3.8) is 0 Å². The summed E-state index contributed by atoms with van der Waals surface area (Å²) in [4.78, 5) is 10.7. The van der Waals surface area contributed by atoms with E-state index < -0.39 is 0 Å². The van der Waals surface area contributed by atoms with E-state index in [1.165, 1.54) is 25.7 Å². The van der Waals surface area contributed by atoms with Crippen LogP contribution in [0.5, 0.6) is 0 Å². The molecule has 2 heteroatoms. The summed E-state index contributed by atoms with van der Waals surface area (Å²) in [6.07, 6.45) is 10.6. The van der Waals surface area contributed by atoms with Gasteiger partial charge in [0.1, 0.15) is 6.10 Å². The van der Waals surface area contributed by atoms with E-state index in [1.54, 1.807) is 0 Å². The predicted molar refractivity (Wildman–Crippen MR) is 57.9 cm³/mol. The summed E-state index contributed by atoms with van der Waals surface area (Å²) in [6, 6.07) is 0. The highest BCUT2D eigenvalue weighted by molar-refractivity contribution is 4.90. The van der Waals surface area contributed by atoms with E-state index in [-0.39, 0.29) is 11.7 Å². The molecule has 0 saturated carbocycles. The molecule has 0 aromatic carbocycles. The summed E-state index contributed by atoms with van der Waals surface area (Å²) in [5.74, 6) is 0. The molecular weight excluding hydrogens is 176 g/mol. The highest BCUT2D eigenvalue weighted by Crippen LogP contribution is 2.17. The van der Waals surface area contributed by atoms with Crippen molar-refractivity contribution >= 4 is 0 Å². The molecule has 0 aliphatic heterocycles. The first-order valence-electron chi connectivity index (χ1n) is 5.59. The molecule has 0 aromatic heterocycles. The summed E-state index contributed by atoms with van der Waals surface area (Å²) in [7, 11) is 0. The summed E-state index contributed by atoms with van der Waals surface area (Å²) in [5.41, 5.74) is -0.212. The van der Waals surface area contributed by atoms with Crippen molar-refractivity contribution in [2.24, 2.45) is 0 Å². The molecular formula is C12H22O2. The Labute approximate surface area is 87.2 Å². The molecule has 82 valence electrons. The first-order valence-corrected chi connectivity index (χ1v) is 5.59. The van der Waals surface area contributed by atoms with E-state index in [4.69, 9.17) is 9.78 Å². The first-order chi connectivity index (χ1) is 6.58. The van der Waals surface area contributed by atoms with E-state index in [0.29, 0.717) is 0 Å². The lowest BCUT2D eigenvalue weighted by Crippen LogP contribution is -2.23. The lowest BCUT2D eigenvalue weighted by atomic mass is 10.0. The summed E-state index contributed by atoms with van der Waals surface area (Å²) in [5, 5.41) is 0. The summed E-state index contributed by atoms with van der Waals surface area (Å²) >= 11 is 0. The average molecular weight is 198 g/mol. The minimum absolute atomic E-state index is 0.148. The second-order valence-corrected chi connectivity index (χ2v) is 4.90. The molecule has 0 fully saturated rings. The van der Waals surface area contributed by atoms with Crippen LogP contribution in [0.15, 0.2) is 12.2 Å². The normalized spacial score (nSPS) is 26.6. The van der Waals surface area contributed by atoms with Crippen LogP contribution >= 0.6 is 0 Å². The van der Waals surface area contributed by atoms with E-state index >= 15 is 0 Å². The molecule has 1 aliphatic carbocycles. The molecule has 0 amide bonds. The molecule has 2 nitrogen and oxygen atoms in total. The number of hydrogen-bond acceptors (Lipinski definition) is 2. The quantitative estimate of drug-likeness (QED) is 0.383. The van der Waals surface area contributed by atoms with Crippen LogP contribution in [0.25, 0.3) is 0 Å². The Morgan fingerprint density at radius 1 is 1.14 bits per heavy atom. The third-order valence-corrected chi connectivity index (χ3v) is 2.13. The zero-order valence-corrected chi connectivity index (χ0v) is 9.58. The zero-order valence-electron chi connectivity index (χ0n) is 9.58. The molecule has 0 bridgehead atoms. The molecule has 1 unspecified atom stereocenters. The smallest absolute Gasteiger partial charge is 0.111 e. The van der Waals surface area contributed by atoms with Gasteiger partial charge >= 0.3 is 0 Å². The molecule has 0 saturated heterocycles. The maximum atomic E-state index is 5.40. The molecule has 0 radical (unpaired) electrons. The van der Waals surface area contributed by atoms with Gasteiger partial charge < -0.3 is 0 Å². The maximum Gasteiger partial charge on any atom is 0.111 e. The van der Waals surface area contributed by atoms with E-state index in [0.717, 1.165) is 6.42 Å². The minimum atomic E-state index is -0.212. The van der Waals surface area contributed by atoms with Crippen molar-refractivity contribution in [1.82, 2.24) is 0 Å². The number of rotatable bonds is 2. The predicted octanol–water partition coefficient (Wildman–Crippen LogP) is 3.62. The van der Waals surface area contributed by atoms with Crippen LogP contribution in [-0.2, 0) is 9.78 Å². The van der Waals surface area contributed by atoms with Gasteiger partial charge in [0, 0.05) is 0 Å². The van der Waals surface area contributed by atoms with Gasteiger partial charge in [-0.05, 0) is 40.0 Å². The average Bonchev–Trinajstić information content (AvgIpc) is 2.00. The lowest BCUT2D eigenvalue weighted by Gasteiger charge is -2.22. The third kappa shape index (κ3) is 5.40. The van der Waals surface area contributed by atoms with Crippen molar-refractivity contribution in [1.29, 1.82) is 0 Å². The molecule has 0 heterocycles. The van der Waals surface area contributed by atoms with Crippen LogP contribution in [0.4, 0.5) is 0 Å². The second-order valence-electron chi connectivity index (χ2n) is 4.90. The van der Waals surface area contributed by atoms with Crippen molar-refractivity contribution < 1.29 is 9.78 Å². The van der Waals surface area contributed by atoms with E-state index in [2.05, 4.69) is 12.2 Å². The van der Waals surface area contributed by atoms with E-state index in [9.17, 15) is 0 Å². The van der Waals surface area contributed by atoms with E-state index in [1.807, 2.05) is 20.8 Å². The van der Waals surface area contributed by atoms with Crippen molar-refractivity contribution in [2.75, 3.05) is 0 Å². The zero-order chi connectivity index (χ0) is 10.4. The van der Waals surface area contributed by atoms with Gasteiger partial charge in [-0.1, -0.05) is 25.0 Å². The third-order valence-electron chi connectivity index (χ3n) is 2.13. The van der Waals surface area contributed by atoms with Crippen LogP contribution < -0.4 is 0 Å². The second kappa shape index (κ2) is 5.52. The van der Waals surface area contributed by atoms with Gasteiger partial charge in [-0.25, -0.2) is 9.78 Å². The highest BCUT2D eigenvalue weighted by atomic mass is 17.2. The first kappa shape index (κ1) is 11.7. The fourth-order valence-corrected chi connectivity index (χ4v) is 1.42. The van der Waals surface area contributed by atoms with Crippen molar-refractivity contribution in [3.8, 4) is 0 Å². The van der Waals surface area contributed by atoms with Gasteiger partial charge in [-0.2, -0.15) is 0 Å². The van der Waals surface area contributed by atoms with Gasteiger partial charge in [-0.15, -0.1) is 0 Å². The van der Waals surface area contributed by atoms with Crippen LogP contribution in [0.3, 0.4) is 0 Å². The molecule has 1 aliphatic rings. The monoisotopic (exact) mass is 198 g/mol. The molecule has 14 heavy (non-hydrogen) atoms.